The molecule has 0 heterocycles. The summed E-state index contributed by atoms with van der Waals surface area (Å²) in [5, 5.41) is 0.522. The summed E-state index contributed by atoms with van der Waals surface area (Å²) in [5.74, 6) is -0.521. The van der Waals surface area contributed by atoms with Crippen LogP contribution in [0.5, 0.6) is 0 Å². The lowest BCUT2D eigenvalue weighted by atomic mass is 10.2. The average Bonchev–Trinajstić information content (AvgIpc) is 2.31. The number of benzene rings is 1. The van der Waals surface area contributed by atoms with Crippen molar-refractivity contribution in [3.05, 3.63) is 34.9 Å². The monoisotopic (exact) mass is 326 g/mol. The Labute approximate surface area is 118 Å². The first-order valence-corrected chi connectivity index (χ1v) is 9.05. The van der Waals surface area contributed by atoms with E-state index in [0.29, 0.717) is 10.6 Å². The fourth-order valence-corrected chi connectivity index (χ4v) is 3.26. The number of hydrogen-bond donors (Lipinski definition) is 2. The predicted molar refractivity (Wildman–Crippen MR) is 74.9 cm³/mol. The molecule has 0 saturated carbocycles. The molecule has 1 aromatic carbocycles. The van der Waals surface area contributed by atoms with Gasteiger partial charge in [-0.15, -0.1) is 0 Å². The lowest BCUT2D eigenvalue weighted by molar-refractivity contribution is 0.578. The maximum atomic E-state index is 11.7. The molecule has 0 aliphatic heterocycles. The average molecular weight is 327 g/mol. The molecule has 0 aliphatic carbocycles. The largest absolute Gasteiger partial charge is 0.218 e. The Kier molecular flexibility index (Phi) is 5.75. The van der Waals surface area contributed by atoms with Gasteiger partial charge in [-0.1, -0.05) is 23.7 Å². The topological polar surface area (TPSA) is 92.3 Å². The van der Waals surface area contributed by atoms with Crippen LogP contribution in [0.3, 0.4) is 0 Å². The van der Waals surface area contributed by atoms with Crippen molar-refractivity contribution in [1.82, 2.24) is 9.44 Å². The molecule has 0 saturated heterocycles. The highest BCUT2D eigenvalue weighted by Crippen LogP contribution is 2.11. The van der Waals surface area contributed by atoms with Crippen LogP contribution in [0.2, 0.25) is 5.02 Å². The van der Waals surface area contributed by atoms with Crippen LogP contribution in [0.25, 0.3) is 0 Å². The maximum absolute atomic E-state index is 11.7. The number of halogens is 1. The summed E-state index contributed by atoms with van der Waals surface area (Å²) in [4.78, 5) is 0. The van der Waals surface area contributed by atoms with Crippen molar-refractivity contribution in [2.45, 2.75) is 5.75 Å². The summed E-state index contributed by atoms with van der Waals surface area (Å²) in [6.45, 7) is -0.168. The molecule has 6 nitrogen and oxygen atoms in total. The van der Waals surface area contributed by atoms with E-state index >= 15 is 0 Å². The number of rotatable bonds is 7. The van der Waals surface area contributed by atoms with Crippen molar-refractivity contribution in [2.24, 2.45) is 0 Å². The molecule has 19 heavy (non-hydrogen) atoms. The third-order valence-corrected chi connectivity index (χ3v) is 5.25. The van der Waals surface area contributed by atoms with Crippen LogP contribution in [-0.4, -0.2) is 36.2 Å². The van der Waals surface area contributed by atoms with Crippen LogP contribution in [-0.2, 0) is 25.8 Å². The van der Waals surface area contributed by atoms with Gasteiger partial charge < -0.3 is 0 Å². The number of nitrogens with one attached hydrogen (secondary N) is 2. The van der Waals surface area contributed by atoms with Crippen LogP contribution < -0.4 is 9.44 Å². The normalized spacial score (nSPS) is 12.5. The van der Waals surface area contributed by atoms with Gasteiger partial charge in [0.15, 0.2) is 0 Å². The number of hydrogen-bond acceptors (Lipinski definition) is 4. The maximum Gasteiger partial charge on any atom is 0.215 e. The zero-order valence-electron chi connectivity index (χ0n) is 10.3. The number of sulfonamides is 2. The molecule has 9 heteroatoms. The molecule has 108 valence electrons. The minimum absolute atomic E-state index is 0.168. The molecule has 0 aromatic heterocycles. The molecular formula is C10H15ClN2O4S2. The van der Waals surface area contributed by atoms with E-state index < -0.39 is 20.0 Å². The van der Waals surface area contributed by atoms with E-state index in [1.165, 1.54) is 7.05 Å². The van der Waals surface area contributed by atoms with Crippen LogP contribution >= 0.6 is 11.6 Å². The van der Waals surface area contributed by atoms with E-state index in [2.05, 4.69) is 9.44 Å². The highest BCUT2D eigenvalue weighted by Gasteiger charge is 2.13. The Bertz CT molecular complexity index is 611. The Balaban J connectivity index is 2.55. The first-order chi connectivity index (χ1) is 8.74. The van der Waals surface area contributed by atoms with Crippen molar-refractivity contribution < 1.29 is 16.8 Å². The van der Waals surface area contributed by atoms with E-state index in [9.17, 15) is 16.8 Å². The van der Waals surface area contributed by atoms with Gasteiger partial charge in [-0.05, 0) is 24.7 Å². The minimum Gasteiger partial charge on any atom is -0.218 e. The molecule has 0 aliphatic rings. The second-order valence-corrected chi connectivity index (χ2v) is 8.09. The van der Waals surface area contributed by atoms with Gasteiger partial charge in [-0.3, -0.25) is 0 Å². The van der Waals surface area contributed by atoms with Gasteiger partial charge in [0.25, 0.3) is 0 Å². The van der Waals surface area contributed by atoms with Crippen LogP contribution in [0.4, 0.5) is 0 Å². The molecule has 0 atom stereocenters. The van der Waals surface area contributed by atoms with Crippen LogP contribution in [0, 0.1) is 0 Å². The predicted octanol–water partition coefficient (Wildman–Crippen LogP) is 0.309. The van der Waals surface area contributed by atoms with Crippen molar-refractivity contribution in [3.63, 3.8) is 0 Å². The fraction of sp³-hybridized carbons (Fsp3) is 0.400. The lowest BCUT2D eigenvalue weighted by Crippen LogP contribution is -2.33. The van der Waals surface area contributed by atoms with Crippen molar-refractivity contribution in [3.8, 4) is 0 Å². The van der Waals surface area contributed by atoms with Gasteiger partial charge >= 0.3 is 0 Å². The van der Waals surface area contributed by atoms with Crippen LogP contribution in [0.15, 0.2) is 24.3 Å². The van der Waals surface area contributed by atoms with Gasteiger partial charge in [0.1, 0.15) is 0 Å². The molecule has 0 spiro atoms. The van der Waals surface area contributed by atoms with Crippen molar-refractivity contribution in [1.29, 1.82) is 0 Å². The molecule has 0 bridgehead atoms. The second-order valence-electron chi connectivity index (χ2n) is 3.80. The summed E-state index contributed by atoms with van der Waals surface area (Å²) in [7, 11) is -5.70. The second kappa shape index (κ2) is 6.67. The van der Waals surface area contributed by atoms with E-state index in [0.717, 1.165) is 0 Å². The standard InChI is InChI=1S/C10H15ClN2O4S2/c1-12-18(14,15)7-6-13-19(16,17)8-9-2-4-10(11)5-3-9/h2-5,12-13H,6-8H2,1H3. The third-order valence-electron chi connectivity index (χ3n) is 2.27. The zero-order valence-corrected chi connectivity index (χ0v) is 12.6. The quantitative estimate of drug-likeness (QED) is 0.754. The van der Waals surface area contributed by atoms with Gasteiger partial charge in [0.2, 0.25) is 20.0 Å². The van der Waals surface area contributed by atoms with E-state index in [-0.39, 0.29) is 18.1 Å². The highest BCUT2D eigenvalue weighted by atomic mass is 35.5. The Morgan fingerprint density at radius 2 is 1.63 bits per heavy atom. The first kappa shape index (κ1) is 16.4. The molecule has 2 N–H and O–H groups in total. The van der Waals surface area contributed by atoms with Crippen molar-refractivity contribution >= 4 is 31.6 Å². The Morgan fingerprint density at radius 3 is 2.16 bits per heavy atom. The summed E-state index contributed by atoms with van der Waals surface area (Å²) in [6.07, 6.45) is 0. The molecule has 1 rings (SSSR count). The Hall–Kier alpha value is -0.670. The summed E-state index contributed by atoms with van der Waals surface area (Å²) in [5.41, 5.74) is 0.577. The molecule has 0 radical (unpaired) electrons. The third kappa shape index (κ3) is 6.35. The molecule has 0 fully saturated rings. The van der Waals surface area contributed by atoms with E-state index in [4.69, 9.17) is 11.6 Å². The van der Waals surface area contributed by atoms with Gasteiger partial charge in [-0.25, -0.2) is 26.3 Å². The molecule has 0 amide bonds. The lowest BCUT2D eigenvalue weighted by Gasteiger charge is -2.07. The first-order valence-electron chi connectivity index (χ1n) is 5.37. The van der Waals surface area contributed by atoms with E-state index in [1.807, 2.05) is 0 Å². The SMILES string of the molecule is CNS(=O)(=O)CCNS(=O)(=O)Cc1ccc(Cl)cc1. The highest BCUT2D eigenvalue weighted by molar-refractivity contribution is 7.90. The van der Waals surface area contributed by atoms with Gasteiger partial charge in [-0.2, -0.15) is 0 Å². The fourth-order valence-electron chi connectivity index (χ4n) is 1.28. The smallest absolute Gasteiger partial charge is 0.215 e. The van der Waals surface area contributed by atoms with Crippen molar-refractivity contribution in [2.75, 3.05) is 19.3 Å². The summed E-state index contributed by atoms with van der Waals surface area (Å²) < 4.78 is 50.0. The van der Waals surface area contributed by atoms with E-state index in [1.54, 1.807) is 24.3 Å². The van der Waals surface area contributed by atoms with Gasteiger partial charge in [0.05, 0.1) is 11.5 Å². The molecule has 1 aromatic rings. The Morgan fingerprint density at radius 1 is 1.05 bits per heavy atom. The molecular weight excluding hydrogens is 312 g/mol. The minimum atomic E-state index is -3.56. The van der Waals surface area contributed by atoms with Gasteiger partial charge in [0, 0.05) is 11.6 Å². The molecule has 0 unspecified atom stereocenters. The van der Waals surface area contributed by atoms with Crippen LogP contribution in [0.1, 0.15) is 5.56 Å². The summed E-state index contributed by atoms with van der Waals surface area (Å²) in [6, 6.07) is 6.40. The zero-order chi connectivity index (χ0) is 14.5. The summed E-state index contributed by atoms with van der Waals surface area (Å²) >= 11 is 5.69.